The highest BCUT2D eigenvalue weighted by molar-refractivity contribution is 5.26. The second-order valence-electron chi connectivity index (χ2n) is 2.81. The Hall–Kier alpha value is -0.930. The van der Waals surface area contributed by atoms with Gasteiger partial charge in [-0.1, -0.05) is 26.0 Å². The van der Waals surface area contributed by atoms with Gasteiger partial charge >= 0.3 is 0 Å². The summed E-state index contributed by atoms with van der Waals surface area (Å²) in [5.74, 6) is -0.252. The van der Waals surface area contributed by atoms with Crippen LogP contribution in [0.2, 0.25) is 0 Å². The summed E-state index contributed by atoms with van der Waals surface area (Å²) in [6.07, 6.45) is 0. The Bertz CT molecular complexity index is 254. The molecule has 0 atom stereocenters. The van der Waals surface area contributed by atoms with Crippen molar-refractivity contribution < 1.29 is 14.2 Å². The highest BCUT2D eigenvalue weighted by Gasteiger charge is 2.04. The molecule has 15 heavy (non-hydrogen) atoms. The van der Waals surface area contributed by atoms with Crippen molar-refractivity contribution in [3.8, 4) is 0 Å². The summed E-state index contributed by atoms with van der Waals surface area (Å²) in [6.45, 7) is 6.26. The fourth-order valence-electron chi connectivity index (χ4n) is 1.09. The minimum atomic E-state index is -0.252. The molecule has 0 bridgehead atoms. The first-order chi connectivity index (χ1) is 7.25. The molecule has 86 valence electrons. The molecule has 2 nitrogen and oxygen atoms in total. The number of benzene rings is 1. The van der Waals surface area contributed by atoms with Crippen molar-refractivity contribution in [1.29, 1.82) is 0 Å². The van der Waals surface area contributed by atoms with E-state index >= 15 is 0 Å². The molecule has 0 saturated heterocycles. The SMILES string of the molecule is CC.Cc1cccc(F)c1COCCO. The Morgan fingerprint density at radius 3 is 2.53 bits per heavy atom. The van der Waals surface area contributed by atoms with Gasteiger partial charge in [0.2, 0.25) is 0 Å². The van der Waals surface area contributed by atoms with E-state index < -0.39 is 0 Å². The Labute approximate surface area is 90.7 Å². The number of aryl methyl sites for hydroxylation is 1. The summed E-state index contributed by atoms with van der Waals surface area (Å²) in [6, 6.07) is 4.91. The van der Waals surface area contributed by atoms with E-state index in [4.69, 9.17) is 9.84 Å². The standard InChI is InChI=1S/C10H13FO2.C2H6/c1-8-3-2-4-10(11)9(8)7-13-6-5-12;1-2/h2-4,12H,5-7H2,1H3;1-2H3. The van der Waals surface area contributed by atoms with E-state index in [1.807, 2.05) is 26.8 Å². The quantitative estimate of drug-likeness (QED) is 0.781. The molecule has 0 aromatic heterocycles. The summed E-state index contributed by atoms with van der Waals surface area (Å²) < 4.78 is 18.2. The second-order valence-corrected chi connectivity index (χ2v) is 2.81. The third-order valence-electron chi connectivity index (χ3n) is 1.84. The lowest BCUT2D eigenvalue weighted by Crippen LogP contribution is -2.02. The topological polar surface area (TPSA) is 29.5 Å². The van der Waals surface area contributed by atoms with Crippen molar-refractivity contribution in [1.82, 2.24) is 0 Å². The van der Waals surface area contributed by atoms with E-state index in [9.17, 15) is 4.39 Å². The number of rotatable bonds is 4. The van der Waals surface area contributed by atoms with Crippen LogP contribution in [0.25, 0.3) is 0 Å². The van der Waals surface area contributed by atoms with Crippen molar-refractivity contribution >= 4 is 0 Å². The molecule has 1 N–H and O–H groups in total. The minimum Gasteiger partial charge on any atom is -0.394 e. The molecular weight excluding hydrogens is 195 g/mol. The van der Waals surface area contributed by atoms with E-state index in [2.05, 4.69) is 0 Å². The molecule has 0 fully saturated rings. The molecular formula is C12H19FO2. The molecule has 1 rings (SSSR count). The number of hydrogen-bond donors (Lipinski definition) is 1. The van der Waals surface area contributed by atoms with Gasteiger partial charge in [0.05, 0.1) is 19.8 Å². The van der Waals surface area contributed by atoms with E-state index in [0.29, 0.717) is 5.56 Å². The maximum absolute atomic E-state index is 13.1. The van der Waals surface area contributed by atoms with E-state index in [-0.39, 0.29) is 25.6 Å². The van der Waals surface area contributed by atoms with Crippen LogP contribution < -0.4 is 0 Å². The molecule has 1 aromatic rings. The molecule has 0 spiro atoms. The average Bonchev–Trinajstić information content (AvgIpc) is 2.25. The fourth-order valence-corrected chi connectivity index (χ4v) is 1.09. The number of hydrogen-bond acceptors (Lipinski definition) is 2. The number of halogens is 1. The van der Waals surface area contributed by atoms with Gasteiger partial charge in [-0.3, -0.25) is 0 Å². The Kier molecular flexibility index (Phi) is 7.86. The largest absolute Gasteiger partial charge is 0.394 e. The van der Waals surface area contributed by atoms with E-state index in [0.717, 1.165) is 5.56 Å². The smallest absolute Gasteiger partial charge is 0.128 e. The lowest BCUT2D eigenvalue weighted by Gasteiger charge is -2.06. The fraction of sp³-hybridized carbons (Fsp3) is 0.500. The number of ether oxygens (including phenoxy) is 1. The molecule has 3 heteroatoms. The predicted molar refractivity (Wildman–Crippen MR) is 59.2 cm³/mol. The van der Waals surface area contributed by atoms with Gasteiger partial charge < -0.3 is 9.84 Å². The zero-order valence-electron chi connectivity index (χ0n) is 9.59. The Morgan fingerprint density at radius 1 is 1.33 bits per heavy atom. The number of aliphatic hydroxyl groups excluding tert-OH is 1. The molecule has 0 aliphatic rings. The van der Waals surface area contributed by atoms with Gasteiger partial charge in [0, 0.05) is 5.56 Å². The first-order valence-electron chi connectivity index (χ1n) is 5.18. The van der Waals surface area contributed by atoms with Crippen molar-refractivity contribution in [2.75, 3.05) is 13.2 Å². The minimum absolute atomic E-state index is 0.0342. The zero-order chi connectivity index (χ0) is 11.7. The van der Waals surface area contributed by atoms with Crippen LogP contribution in [-0.2, 0) is 11.3 Å². The lowest BCUT2D eigenvalue weighted by atomic mass is 10.1. The Morgan fingerprint density at radius 2 is 2.00 bits per heavy atom. The highest BCUT2D eigenvalue weighted by atomic mass is 19.1. The molecule has 0 heterocycles. The molecule has 0 aliphatic carbocycles. The van der Waals surface area contributed by atoms with Gasteiger partial charge in [0.1, 0.15) is 5.82 Å². The van der Waals surface area contributed by atoms with Gasteiger partial charge in [0.25, 0.3) is 0 Å². The maximum Gasteiger partial charge on any atom is 0.128 e. The monoisotopic (exact) mass is 214 g/mol. The molecule has 0 unspecified atom stereocenters. The third kappa shape index (κ3) is 4.91. The summed E-state index contributed by atoms with van der Waals surface area (Å²) in [5, 5.41) is 8.46. The van der Waals surface area contributed by atoms with Crippen molar-refractivity contribution in [2.24, 2.45) is 0 Å². The summed E-state index contributed by atoms with van der Waals surface area (Å²) in [7, 11) is 0. The first-order valence-corrected chi connectivity index (χ1v) is 5.18. The molecule has 0 aliphatic heterocycles. The summed E-state index contributed by atoms with van der Waals surface area (Å²) >= 11 is 0. The molecule has 0 amide bonds. The first kappa shape index (κ1) is 14.1. The maximum atomic E-state index is 13.1. The average molecular weight is 214 g/mol. The Balaban J connectivity index is 0.000000921. The third-order valence-corrected chi connectivity index (χ3v) is 1.84. The zero-order valence-corrected chi connectivity index (χ0v) is 9.59. The van der Waals surface area contributed by atoms with Crippen LogP contribution in [0.1, 0.15) is 25.0 Å². The van der Waals surface area contributed by atoms with Crippen LogP contribution in [0.5, 0.6) is 0 Å². The van der Waals surface area contributed by atoms with Gasteiger partial charge in [-0.05, 0) is 18.6 Å². The van der Waals surface area contributed by atoms with Crippen LogP contribution in [0, 0.1) is 12.7 Å². The summed E-state index contributed by atoms with van der Waals surface area (Å²) in [5.41, 5.74) is 1.44. The van der Waals surface area contributed by atoms with Crippen LogP contribution in [0.4, 0.5) is 4.39 Å². The molecule has 1 aromatic carbocycles. The van der Waals surface area contributed by atoms with Crippen LogP contribution >= 0.6 is 0 Å². The van der Waals surface area contributed by atoms with Gasteiger partial charge in [-0.15, -0.1) is 0 Å². The lowest BCUT2D eigenvalue weighted by molar-refractivity contribution is 0.0796. The van der Waals surface area contributed by atoms with Crippen LogP contribution in [-0.4, -0.2) is 18.3 Å². The second kappa shape index (κ2) is 8.38. The van der Waals surface area contributed by atoms with Gasteiger partial charge in [0.15, 0.2) is 0 Å². The van der Waals surface area contributed by atoms with Gasteiger partial charge in [-0.2, -0.15) is 0 Å². The highest BCUT2D eigenvalue weighted by Crippen LogP contribution is 2.13. The van der Waals surface area contributed by atoms with Crippen LogP contribution in [0.15, 0.2) is 18.2 Å². The van der Waals surface area contributed by atoms with Crippen molar-refractivity contribution in [2.45, 2.75) is 27.4 Å². The van der Waals surface area contributed by atoms with Crippen LogP contribution in [0.3, 0.4) is 0 Å². The number of aliphatic hydroxyl groups is 1. The molecule has 0 saturated carbocycles. The van der Waals surface area contributed by atoms with E-state index in [1.54, 1.807) is 6.07 Å². The summed E-state index contributed by atoms with van der Waals surface area (Å²) in [4.78, 5) is 0. The van der Waals surface area contributed by atoms with E-state index in [1.165, 1.54) is 6.07 Å². The van der Waals surface area contributed by atoms with Crippen molar-refractivity contribution in [3.63, 3.8) is 0 Å². The van der Waals surface area contributed by atoms with Gasteiger partial charge in [-0.25, -0.2) is 4.39 Å². The predicted octanol–water partition coefficient (Wildman–Crippen LogP) is 2.67. The molecule has 0 radical (unpaired) electrons. The normalized spacial score (nSPS) is 9.40. The van der Waals surface area contributed by atoms with Crippen molar-refractivity contribution in [3.05, 3.63) is 35.1 Å².